The number of fused-ring (bicyclic) bond motifs is 1. The Morgan fingerprint density at radius 2 is 1.90 bits per heavy atom. The lowest BCUT2D eigenvalue weighted by Gasteiger charge is -2.17. The van der Waals surface area contributed by atoms with E-state index in [-0.39, 0.29) is 28.5 Å². The largest absolute Gasteiger partial charge is 0.478 e. The van der Waals surface area contributed by atoms with Gasteiger partial charge in [-0.3, -0.25) is 18.7 Å². The van der Waals surface area contributed by atoms with Gasteiger partial charge in [-0.25, -0.2) is 4.79 Å². The average Bonchev–Trinajstić information content (AvgIpc) is 2.63. The molecule has 1 aliphatic rings. The van der Waals surface area contributed by atoms with Crippen molar-refractivity contribution in [1.29, 1.82) is 0 Å². The zero-order valence-corrected chi connectivity index (χ0v) is 11.8. The molecule has 2 unspecified atom stereocenters. The molecule has 1 aliphatic heterocycles. The van der Waals surface area contributed by atoms with Crippen molar-refractivity contribution < 1.29 is 23.7 Å². The van der Waals surface area contributed by atoms with Gasteiger partial charge in [0, 0.05) is 28.9 Å². The number of aromatic carboxylic acids is 1. The maximum atomic E-state index is 12.2. The first-order chi connectivity index (χ1) is 9.32. The van der Waals surface area contributed by atoms with Gasteiger partial charge in [-0.1, -0.05) is 0 Å². The van der Waals surface area contributed by atoms with Crippen molar-refractivity contribution >= 4 is 28.6 Å². The van der Waals surface area contributed by atoms with Crippen molar-refractivity contribution in [3.8, 4) is 0 Å². The number of rotatable bonds is 4. The van der Waals surface area contributed by atoms with E-state index in [0.29, 0.717) is 0 Å². The van der Waals surface area contributed by atoms with Gasteiger partial charge in [0.25, 0.3) is 11.8 Å². The van der Waals surface area contributed by atoms with Crippen molar-refractivity contribution in [2.75, 3.05) is 12.8 Å². The topological polar surface area (TPSA) is 91.8 Å². The van der Waals surface area contributed by atoms with Crippen LogP contribution in [0.15, 0.2) is 18.2 Å². The summed E-state index contributed by atoms with van der Waals surface area (Å²) in [6, 6.07) is 3.83. The zero-order chi connectivity index (χ0) is 15.0. The number of imide groups is 1. The van der Waals surface area contributed by atoms with Crippen LogP contribution in [-0.2, 0) is 10.8 Å². The normalized spacial score (nSPS) is 17.0. The standard InChI is InChI=1S/C13H13NO5S/c1-7(20(2)19)6-14-11(15)9-4-3-8(13(17)18)5-10(9)12(14)16/h3-5,7H,6H2,1-2H3,(H,17,18). The Hall–Kier alpha value is -2.02. The molecule has 2 rings (SSSR count). The molecule has 20 heavy (non-hydrogen) atoms. The van der Waals surface area contributed by atoms with Crippen LogP contribution >= 0.6 is 0 Å². The highest BCUT2D eigenvalue weighted by molar-refractivity contribution is 7.84. The Kier molecular flexibility index (Phi) is 3.71. The van der Waals surface area contributed by atoms with E-state index in [1.54, 1.807) is 6.92 Å². The molecule has 0 saturated heterocycles. The van der Waals surface area contributed by atoms with Crippen LogP contribution in [0, 0.1) is 0 Å². The highest BCUT2D eigenvalue weighted by Crippen LogP contribution is 2.24. The van der Waals surface area contributed by atoms with Crippen molar-refractivity contribution in [3.63, 3.8) is 0 Å². The van der Waals surface area contributed by atoms with Crippen LogP contribution < -0.4 is 0 Å². The van der Waals surface area contributed by atoms with Gasteiger partial charge in [-0.05, 0) is 25.1 Å². The molecule has 0 fully saturated rings. The summed E-state index contributed by atoms with van der Waals surface area (Å²) in [5.41, 5.74) is 0.233. The highest BCUT2D eigenvalue weighted by atomic mass is 32.2. The molecule has 0 radical (unpaired) electrons. The molecular weight excluding hydrogens is 282 g/mol. The summed E-state index contributed by atoms with van der Waals surface area (Å²) in [5.74, 6) is -2.17. The van der Waals surface area contributed by atoms with Crippen molar-refractivity contribution in [2.24, 2.45) is 0 Å². The number of carboxylic acids is 1. The van der Waals surface area contributed by atoms with Gasteiger partial charge in [0.2, 0.25) is 0 Å². The van der Waals surface area contributed by atoms with Crippen LogP contribution in [0.25, 0.3) is 0 Å². The van der Waals surface area contributed by atoms with Gasteiger partial charge in [0.15, 0.2) is 0 Å². The molecule has 0 saturated carbocycles. The highest BCUT2D eigenvalue weighted by Gasteiger charge is 2.37. The summed E-state index contributed by atoms with van der Waals surface area (Å²) < 4.78 is 11.3. The summed E-state index contributed by atoms with van der Waals surface area (Å²) in [5, 5.41) is 8.57. The minimum absolute atomic E-state index is 0.0427. The lowest BCUT2D eigenvalue weighted by Crippen LogP contribution is -2.37. The number of carbonyl (C=O) groups is 3. The molecule has 106 valence electrons. The Labute approximate surface area is 117 Å². The van der Waals surface area contributed by atoms with E-state index in [1.165, 1.54) is 24.5 Å². The summed E-state index contributed by atoms with van der Waals surface area (Å²) in [6.45, 7) is 1.74. The van der Waals surface area contributed by atoms with E-state index >= 15 is 0 Å². The van der Waals surface area contributed by atoms with Crippen molar-refractivity contribution in [1.82, 2.24) is 4.90 Å². The molecule has 2 amide bonds. The molecule has 0 aliphatic carbocycles. The summed E-state index contributed by atoms with van der Waals surface area (Å²) >= 11 is 0. The first-order valence-electron chi connectivity index (χ1n) is 5.88. The van der Waals surface area contributed by atoms with Gasteiger partial charge in [-0.15, -0.1) is 0 Å². The van der Waals surface area contributed by atoms with E-state index in [0.717, 1.165) is 4.90 Å². The predicted molar refractivity (Wildman–Crippen MR) is 72.3 cm³/mol. The number of hydrogen-bond donors (Lipinski definition) is 1. The van der Waals surface area contributed by atoms with Crippen LogP contribution in [-0.4, -0.2) is 50.0 Å². The quantitative estimate of drug-likeness (QED) is 0.827. The second-order valence-electron chi connectivity index (χ2n) is 4.60. The minimum Gasteiger partial charge on any atom is -0.478 e. The third kappa shape index (κ3) is 2.36. The average molecular weight is 295 g/mol. The number of benzene rings is 1. The van der Waals surface area contributed by atoms with Crippen LogP contribution in [0.4, 0.5) is 0 Å². The van der Waals surface area contributed by atoms with Gasteiger partial charge in [0.1, 0.15) is 0 Å². The van der Waals surface area contributed by atoms with Crippen molar-refractivity contribution in [3.05, 3.63) is 34.9 Å². The van der Waals surface area contributed by atoms with E-state index in [9.17, 15) is 18.6 Å². The fourth-order valence-corrected chi connectivity index (χ4v) is 2.31. The first kappa shape index (κ1) is 14.4. The molecule has 1 heterocycles. The van der Waals surface area contributed by atoms with Gasteiger partial charge in [0.05, 0.1) is 16.7 Å². The molecule has 6 nitrogen and oxygen atoms in total. The number of amides is 2. The molecule has 0 bridgehead atoms. The molecule has 1 aromatic rings. The maximum Gasteiger partial charge on any atom is 0.335 e. The molecule has 0 spiro atoms. The third-order valence-electron chi connectivity index (χ3n) is 3.22. The number of nitrogens with zero attached hydrogens (tertiary/aromatic N) is 1. The number of hydrogen-bond acceptors (Lipinski definition) is 4. The van der Waals surface area contributed by atoms with E-state index < -0.39 is 28.6 Å². The smallest absolute Gasteiger partial charge is 0.335 e. The SMILES string of the molecule is CC(CN1C(=O)c2ccc(C(=O)O)cc2C1=O)S(C)=O. The fraction of sp³-hybridized carbons (Fsp3) is 0.308. The second-order valence-corrected chi connectivity index (χ2v) is 6.40. The lowest BCUT2D eigenvalue weighted by molar-refractivity contribution is 0.0654. The predicted octanol–water partition coefficient (Wildman–Crippen LogP) is 0.748. The molecule has 1 N–H and O–H groups in total. The number of carboxylic acid groups (broad SMARTS) is 1. The second kappa shape index (κ2) is 5.16. The maximum absolute atomic E-state index is 12.2. The van der Waals surface area contributed by atoms with Crippen LogP contribution in [0.5, 0.6) is 0 Å². The van der Waals surface area contributed by atoms with E-state index in [1.807, 2.05) is 0 Å². The number of carbonyl (C=O) groups excluding carboxylic acids is 2. The summed E-state index contributed by atoms with van der Waals surface area (Å²) in [4.78, 5) is 36.2. The Bertz CT molecular complexity index is 640. The minimum atomic E-state index is -1.16. The molecule has 0 aromatic heterocycles. The van der Waals surface area contributed by atoms with E-state index in [2.05, 4.69) is 0 Å². The van der Waals surface area contributed by atoms with Crippen molar-refractivity contribution in [2.45, 2.75) is 12.2 Å². The fourth-order valence-electron chi connectivity index (χ4n) is 1.95. The monoisotopic (exact) mass is 295 g/mol. The Balaban J connectivity index is 2.35. The Morgan fingerprint density at radius 3 is 2.45 bits per heavy atom. The van der Waals surface area contributed by atoms with Crippen LogP contribution in [0.2, 0.25) is 0 Å². The summed E-state index contributed by atoms with van der Waals surface area (Å²) in [6.07, 6.45) is 1.51. The van der Waals surface area contributed by atoms with Gasteiger partial charge < -0.3 is 5.11 Å². The summed E-state index contributed by atoms with van der Waals surface area (Å²) in [7, 11) is -1.15. The Morgan fingerprint density at radius 1 is 1.30 bits per heavy atom. The van der Waals surface area contributed by atoms with Gasteiger partial charge in [-0.2, -0.15) is 0 Å². The van der Waals surface area contributed by atoms with Crippen LogP contribution in [0.1, 0.15) is 38.0 Å². The molecule has 1 aromatic carbocycles. The first-order valence-corrected chi connectivity index (χ1v) is 7.50. The third-order valence-corrected chi connectivity index (χ3v) is 4.51. The lowest BCUT2D eigenvalue weighted by atomic mass is 10.1. The van der Waals surface area contributed by atoms with E-state index in [4.69, 9.17) is 5.11 Å². The molecular formula is C13H13NO5S. The van der Waals surface area contributed by atoms with Crippen LogP contribution in [0.3, 0.4) is 0 Å². The van der Waals surface area contributed by atoms with Gasteiger partial charge >= 0.3 is 5.97 Å². The zero-order valence-electron chi connectivity index (χ0n) is 11.0. The molecule has 2 atom stereocenters. The molecule has 7 heteroatoms.